The van der Waals surface area contributed by atoms with Crippen LogP contribution in [-0.4, -0.2) is 41.2 Å². The highest BCUT2D eigenvalue weighted by molar-refractivity contribution is 5.64. The van der Waals surface area contributed by atoms with Crippen molar-refractivity contribution in [3.05, 3.63) is 78.9 Å². The Balaban J connectivity index is 2.69. The monoisotopic (exact) mass is 513 g/mol. The molecule has 0 aliphatic rings. The molecule has 0 spiro atoms. The van der Waals surface area contributed by atoms with Gasteiger partial charge >= 0.3 is 6.09 Å². The van der Waals surface area contributed by atoms with E-state index in [0.29, 0.717) is 13.0 Å². The Hall–Kier alpha value is -2.83. The summed E-state index contributed by atoms with van der Waals surface area (Å²) in [7, 11) is 0. The van der Waals surface area contributed by atoms with Crippen molar-refractivity contribution in [2.45, 2.75) is 66.3 Å². The number of carbonyl (C=O) groups excluding carboxylic acids is 1. The van der Waals surface area contributed by atoms with Crippen LogP contribution in [0.15, 0.2) is 78.9 Å². The molecule has 0 saturated carbocycles. The van der Waals surface area contributed by atoms with Crippen molar-refractivity contribution in [1.82, 2.24) is 0 Å². The van der Waals surface area contributed by atoms with E-state index in [0.717, 1.165) is 11.3 Å². The molecule has 0 aliphatic carbocycles. The molecule has 6 nitrogen and oxygen atoms in total. The van der Waals surface area contributed by atoms with E-state index in [2.05, 4.69) is 12.7 Å². The van der Waals surface area contributed by atoms with Gasteiger partial charge in [-0.05, 0) is 31.4 Å². The minimum absolute atomic E-state index is 0.0433. The quantitative estimate of drug-likeness (QED) is 0.184. The SMILES string of the molecule is C=CC=CC(C)C(OC(N)=O)C(C)C(O)C(C)CC(C)=CC(C)C(O)C(C)C=CCOc1ccccc1. The summed E-state index contributed by atoms with van der Waals surface area (Å²) in [5.74, 6) is 0.156. The number of carbonyl (C=O) groups is 1. The predicted octanol–water partition coefficient (Wildman–Crippen LogP) is 6.07. The first-order chi connectivity index (χ1) is 17.5. The molecule has 206 valence electrons. The van der Waals surface area contributed by atoms with Crippen LogP contribution in [0.5, 0.6) is 5.75 Å². The first-order valence-electron chi connectivity index (χ1n) is 13.1. The molecule has 0 bridgehead atoms. The third-order valence-electron chi connectivity index (χ3n) is 6.76. The second kappa shape index (κ2) is 16.8. The fourth-order valence-electron chi connectivity index (χ4n) is 4.67. The topological polar surface area (TPSA) is 102 Å². The Bertz CT molecular complexity index is 894. The van der Waals surface area contributed by atoms with Gasteiger partial charge in [0.15, 0.2) is 0 Å². The van der Waals surface area contributed by atoms with Crippen LogP contribution in [0.1, 0.15) is 48.0 Å². The van der Waals surface area contributed by atoms with Gasteiger partial charge in [0.2, 0.25) is 0 Å². The van der Waals surface area contributed by atoms with Crippen LogP contribution in [0.2, 0.25) is 0 Å². The second-order valence-electron chi connectivity index (χ2n) is 10.2. The number of aliphatic hydroxyl groups excluding tert-OH is 2. The van der Waals surface area contributed by atoms with Crippen LogP contribution in [0.3, 0.4) is 0 Å². The lowest BCUT2D eigenvalue weighted by molar-refractivity contribution is -0.0266. The Morgan fingerprint density at radius 2 is 1.65 bits per heavy atom. The second-order valence-corrected chi connectivity index (χ2v) is 10.2. The molecule has 1 rings (SSSR count). The highest BCUT2D eigenvalue weighted by Gasteiger charge is 2.33. The molecular weight excluding hydrogens is 466 g/mol. The van der Waals surface area contributed by atoms with Gasteiger partial charge in [0, 0.05) is 23.7 Å². The number of hydrogen-bond donors (Lipinski definition) is 3. The Labute approximate surface area is 223 Å². The Morgan fingerprint density at radius 1 is 1.00 bits per heavy atom. The summed E-state index contributed by atoms with van der Waals surface area (Å²) in [6.07, 6.45) is 9.27. The molecule has 0 radical (unpaired) electrons. The van der Waals surface area contributed by atoms with Crippen molar-refractivity contribution in [3.8, 4) is 5.75 Å². The number of primary amides is 1. The maximum atomic E-state index is 11.5. The minimum Gasteiger partial charge on any atom is -0.490 e. The van der Waals surface area contributed by atoms with Crippen LogP contribution in [0, 0.1) is 29.6 Å². The molecule has 37 heavy (non-hydrogen) atoms. The molecule has 0 aliphatic heterocycles. The standard InChI is InChI=1S/C31H47NO5/c1-8-9-14-23(4)30(37-31(32)35)26(7)29(34)25(6)20-21(2)19-24(5)28(33)22(3)15-13-18-36-27-16-11-10-12-17-27/h8-17,19,22-26,28-30,33-34H,1,18,20H2,2-7H3,(H2,32,35). The van der Waals surface area contributed by atoms with E-state index < -0.39 is 24.4 Å². The number of aliphatic hydroxyl groups is 2. The normalized spacial score (nSPS) is 19.0. The number of benzene rings is 1. The number of rotatable bonds is 16. The lowest BCUT2D eigenvalue weighted by atomic mass is 9.81. The van der Waals surface area contributed by atoms with Crippen LogP contribution in [0.25, 0.3) is 0 Å². The lowest BCUT2D eigenvalue weighted by Crippen LogP contribution is -2.41. The molecule has 6 heteroatoms. The molecule has 0 heterocycles. The number of allylic oxidation sites excluding steroid dienone is 3. The molecule has 0 saturated heterocycles. The van der Waals surface area contributed by atoms with Gasteiger partial charge in [0.05, 0.1) is 12.2 Å². The van der Waals surface area contributed by atoms with Crippen molar-refractivity contribution < 1.29 is 24.5 Å². The Kier molecular flexibility index (Phi) is 14.6. The smallest absolute Gasteiger partial charge is 0.404 e. The van der Waals surface area contributed by atoms with Crippen molar-refractivity contribution in [3.63, 3.8) is 0 Å². The van der Waals surface area contributed by atoms with E-state index >= 15 is 0 Å². The van der Waals surface area contributed by atoms with E-state index in [1.165, 1.54) is 0 Å². The highest BCUT2D eigenvalue weighted by atomic mass is 16.6. The van der Waals surface area contributed by atoms with Crippen molar-refractivity contribution >= 4 is 6.09 Å². The van der Waals surface area contributed by atoms with Crippen LogP contribution in [0.4, 0.5) is 4.79 Å². The van der Waals surface area contributed by atoms with Gasteiger partial charge in [-0.15, -0.1) is 0 Å². The van der Waals surface area contributed by atoms with Gasteiger partial charge in [-0.25, -0.2) is 4.79 Å². The van der Waals surface area contributed by atoms with E-state index in [4.69, 9.17) is 15.2 Å². The lowest BCUT2D eigenvalue weighted by Gasteiger charge is -2.33. The number of ether oxygens (including phenoxy) is 2. The zero-order chi connectivity index (χ0) is 28.0. The largest absolute Gasteiger partial charge is 0.490 e. The van der Waals surface area contributed by atoms with Crippen molar-refractivity contribution in [2.24, 2.45) is 35.3 Å². The fourth-order valence-corrected chi connectivity index (χ4v) is 4.67. The summed E-state index contributed by atoms with van der Waals surface area (Å²) < 4.78 is 11.0. The number of para-hydroxylation sites is 1. The summed E-state index contributed by atoms with van der Waals surface area (Å²) in [6.45, 7) is 15.9. The van der Waals surface area contributed by atoms with Gasteiger partial charge in [-0.1, -0.05) is 101 Å². The van der Waals surface area contributed by atoms with Crippen LogP contribution >= 0.6 is 0 Å². The molecule has 4 N–H and O–H groups in total. The third kappa shape index (κ3) is 11.8. The molecule has 1 amide bonds. The summed E-state index contributed by atoms with van der Waals surface area (Å²) in [5, 5.41) is 21.9. The molecule has 8 unspecified atom stereocenters. The average Bonchev–Trinajstić information content (AvgIpc) is 2.87. The summed E-state index contributed by atoms with van der Waals surface area (Å²) in [6, 6.07) is 9.62. The van der Waals surface area contributed by atoms with E-state index in [1.807, 2.05) is 90.1 Å². The zero-order valence-corrected chi connectivity index (χ0v) is 23.3. The van der Waals surface area contributed by atoms with Crippen LogP contribution in [-0.2, 0) is 4.74 Å². The first-order valence-corrected chi connectivity index (χ1v) is 13.1. The van der Waals surface area contributed by atoms with E-state index in [1.54, 1.807) is 12.2 Å². The van der Waals surface area contributed by atoms with E-state index in [9.17, 15) is 15.0 Å². The van der Waals surface area contributed by atoms with Crippen molar-refractivity contribution in [1.29, 1.82) is 0 Å². The predicted molar refractivity (Wildman–Crippen MR) is 151 cm³/mol. The highest BCUT2D eigenvalue weighted by Crippen LogP contribution is 2.29. The van der Waals surface area contributed by atoms with Gasteiger partial charge < -0.3 is 25.4 Å². The van der Waals surface area contributed by atoms with Crippen molar-refractivity contribution in [2.75, 3.05) is 6.61 Å². The maximum absolute atomic E-state index is 11.5. The number of nitrogens with two attached hydrogens (primary N) is 1. The summed E-state index contributed by atoms with van der Waals surface area (Å²) in [5.41, 5.74) is 6.38. The molecular formula is C31H47NO5. The van der Waals surface area contributed by atoms with Gasteiger partial charge in [-0.2, -0.15) is 0 Å². The number of hydrogen-bond acceptors (Lipinski definition) is 5. The summed E-state index contributed by atoms with van der Waals surface area (Å²) >= 11 is 0. The molecule has 0 aromatic heterocycles. The molecule has 8 atom stereocenters. The van der Waals surface area contributed by atoms with Gasteiger partial charge in [-0.3, -0.25) is 0 Å². The molecule has 1 aromatic rings. The fraction of sp³-hybridized carbons (Fsp3) is 0.516. The molecule has 1 aromatic carbocycles. The average molecular weight is 514 g/mol. The van der Waals surface area contributed by atoms with Gasteiger partial charge in [0.25, 0.3) is 0 Å². The maximum Gasteiger partial charge on any atom is 0.404 e. The van der Waals surface area contributed by atoms with E-state index in [-0.39, 0.29) is 29.6 Å². The first kappa shape index (κ1) is 32.2. The minimum atomic E-state index is -0.857. The Morgan fingerprint density at radius 3 is 2.24 bits per heavy atom. The zero-order valence-electron chi connectivity index (χ0n) is 23.3. The summed E-state index contributed by atoms with van der Waals surface area (Å²) in [4.78, 5) is 11.5. The molecule has 0 fully saturated rings. The third-order valence-corrected chi connectivity index (χ3v) is 6.76. The number of amides is 1. The van der Waals surface area contributed by atoms with Crippen LogP contribution < -0.4 is 10.5 Å². The van der Waals surface area contributed by atoms with Gasteiger partial charge in [0.1, 0.15) is 18.5 Å².